The highest BCUT2D eigenvalue weighted by molar-refractivity contribution is 5.87. The standard InChI is InChI=1S/C39H64N2O12/c1-2-21-40-37(44)20-17-32(38(45)46)12-10-23-49-27-28-50-24-11-13-34(42)31-52-30-29-51-26-22-41-36(43)14-8-6-4-3-5-7-9-25-53-35-18-15-33(16-19-35)39(47)48/h15-16,18-19,32H,2-14,17,20-31H2,1H3,(H,40,44)(H,41,43)(H,45,46)(H,47,48)/t32-/m0/s1. The second-order valence-electron chi connectivity index (χ2n) is 12.9. The van der Waals surface area contributed by atoms with Crippen molar-refractivity contribution >= 4 is 29.5 Å². The summed E-state index contributed by atoms with van der Waals surface area (Å²) >= 11 is 0. The van der Waals surface area contributed by atoms with Gasteiger partial charge in [-0.15, -0.1) is 0 Å². The van der Waals surface area contributed by atoms with Crippen LogP contribution in [-0.2, 0) is 38.1 Å². The number of hydrogen-bond donors (Lipinski definition) is 4. The van der Waals surface area contributed by atoms with E-state index in [0.717, 1.165) is 51.4 Å². The first kappa shape index (κ1) is 47.4. The Bertz CT molecular complexity index is 1130. The molecule has 1 atom stereocenters. The van der Waals surface area contributed by atoms with E-state index in [1.54, 1.807) is 12.1 Å². The Kier molecular flexibility index (Phi) is 29.5. The molecule has 14 nitrogen and oxygen atoms in total. The number of carbonyl (C=O) groups is 5. The van der Waals surface area contributed by atoms with E-state index in [4.69, 9.17) is 28.8 Å². The quantitative estimate of drug-likeness (QED) is 0.0650. The fourth-order valence-corrected chi connectivity index (χ4v) is 5.16. The molecule has 4 N–H and O–H groups in total. The third-order valence-electron chi connectivity index (χ3n) is 8.22. The maximum Gasteiger partial charge on any atom is 0.335 e. The molecule has 0 spiro atoms. The van der Waals surface area contributed by atoms with Gasteiger partial charge in [0, 0.05) is 45.6 Å². The number of nitrogens with one attached hydrogen (secondary N) is 2. The van der Waals surface area contributed by atoms with Gasteiger partial charge in [0.1, 0.15) is 12.4 Å². The molecule has 0 heterocycles. The third-order valence-corrected chi connectivity index (χ3v) is 8.22. The second-order valence-corrected chi connectivity index (χ2v) is 12.9. The van der Waals surface area contributed by atoms with Gasteiger partial charge in [-0.3, -0.25) is 19.2 Å². The van der Waals surface area contributed by atoms with E-state index in [0.29, 0.717) is 110 Å². The Morgan fingerprint density at radius 3 is 1.83 bits per heavy atom. The predicted octanol–water partition coefficient (Wildman–Crippen LogP) is 5.20. The van der Waals surface area contributed by atoms with Crippen molar-refractivity contribution in [3.63, 3.8) is 0 Å². The molecule has 0 fully saturated rings. The minimum atomic E-state index is -0.950. The molecule has 0 aliphatic rings. The number of Topliss-reactive ketones (excluding diaryl/α,β-unsaturated/α-hetero) is 1. The molecular weight excluding hydrogens is 688 g/mol. The lowest BCUT2D eigenvalue weighted by Crippen LogP contribution is -2.27. The molecule has 0 aliphatic heterocycles. The summed E-state index contributed by atoms with van der Waals surface area (Å²) in [4.78, 5) is 58.0. The zero-order valence-electron chi connectivity index (χ0n) is 31.7. The summed E-state index contributed by atoms with van der Waals surface area (Å²) < 4.78 is 27.5. The van der Waals surface area contributed by atoms with E-state index in [1.165, 1.54) is 12.1 Å². The van der Waals surface area contributed by atoms with Crippen LogP contribution in [0.4, 0.5) is 0 Å². The molecule has 0 saturated heterocycles. The summed E-state index contributed by atoms with van der Waals surface area (Å²) in [5, 5.41) is 23.9. The summed E-state index contributed by atoms with van der Waals surface area (Å²) in [5.41, 5.74) is 0.245. The molecule has 1 aromatic rings. The van der Waals surface area contributed by atoms with Crippen molar-refractivity contribution in [1.29, 1.82) is 0 Å². The largest absolute Gasteiger partial charge is 0.494 e. The van der Waals surface area contributed by atoms with Gasteiger partial charge < -0.3 is 44.5 Å². The number of rotatable bonds is 37. The van der Waals surface area contributed by atoms with Crippen LogP contribution in [0, 0.1) is 5.92 Å². The summed E-state index contributed by atoms with van der Waals surface area (Å²) in [6, 6.07) is 6.42. The number of carboxylic acid groups (broad SMARTS) is 2. The van der Waals surface area contributed by atoms with Gasteiger partial charge in [0.15, 0.2) is 5.78 Å². The van der Waals surface area contributed by atoms with E-state index in [-0.39, 0.29) is 36.2 Å². The topological polar surface area (TPSA) is 196 Å². The van der Waals surface area contributed by atoms with Crippen LogP contribution in [0.15, 0.2) is 24.3 Å². The number of carboxylic acids is 2. The second kappa shape index (κ2) is 33.0. The molecule has 0 radical (unpaired) electrons. The number of amides is 2. The summed E-state index contributed by atoms with van der Waals surface area (Å²) in [7, 11) is 0. The molecule has 2 amide bonds. The molecule has 0 saturated carbocycles. The number of hydrogen-bond acceptors (Lipinski definition) is 10. The average Bonchev–Trinajstić information content (AvgIpc) is 3.14. The number of aromatic carboxylic acids is 1. The minimum Gasteiger partial charge on any atom is -0.494 e. The Morgan fingerprint density at radius 2 is 1.17 bits per heavy atom. The number of carbonyl (C=O) groups excluding carboxylic acids is 3. The van der Waals surface area contributed by atoms with Crippen molar-refractivity contribution in [3.8, 4) is 5.75 Å². The van der Waals surface area contributed by atoms with Crippen LogP contribution >= 0.6 is 0 Å². The average molecular weight is 753 g/mol. The maximum absolute atomic E-state index is 12.0. The highest BCUT2D eigenvalue weighted by Gasteiger charge is 2.18. The van der Waals surface area contributed by atoms with Gasteiger partial charge in [-0.2, -0.15) is 0 Å². The minimum absolute atomic E-state index is 0.0124. The lowest BCUT2D eigenvalue weighted by molar-refractivity contribution is -0.142. The van der Waals surface area contributed by atoms with E-state index in [2.05, 4.69) is 10.6 Å². The fraction of sp³-hybridized carbons (Fsp3) is 0.718. The normalized spacial score (nSPS) is 11.6. The smallest absolute Gasteiger partial charge is 0.335 e. The molecule has 302 valence electrons. The van der Waals surface area contributed by atoms with Crippen LogP contribution in [-0.4, -0.2) is 112 Å². The van der Waals surface area contributed by atoms with Gasteiger partial charge in [0.05, 0.1) is 51.1 Å². The Labute approximate surface area is 315 Å². The number of aliphatic carboxylic acids is 1. The van der Waals surface area contributed by atoms with Gasteiger partial charge in [-0.25, -0.2) is 4.79 Å². The first-order chi connectivity index (χ1) is 25.7. The highest BCUT2D eigenvalue weighted by atomic mass is 16.5. The summed E-state index contributed by atoms with van der Waals surface area (Å²) in [6.45, 7) is 6.25. The zero-order valence-corrected chi connectivity index (χ0v) is 31.7. The first-order valence-corrected chi connectivity index (χ1v) is 19.3. The lowest BCUT2D eigenvalue weighted by atomic mass is 9.98. The van der Waals surface area contributed by atoms with Crippen molar-refractivity contribution in [2.45, 2.75) is 103 Å². The summed E-state index contributed by atoms with van der Waals surface area (Å²) in [5.74, 6) is -1.84. The van der Waals surface area contributed by atoms with Gasteiger partial charge in [0.25, 0.3) is 0 Å². The van der Waals surface area contributed by atoms with Crippen LogP contribution in [0.5, 0.6) is 5.75 Å². The molecule has 0 unspecified atom stereocenters. The molecule has 0 aliphatic carbocycles. The van der Waals surface area contributed by atoms with Crippen molar-refractivity contribution < 1.29 is 57.9 Å². The third kappa shape index (κ3) is 28.6. The van der Waals surface area contributed by atoms with E-state index in [1.807, 2.05) is 6.92 Å². The maximum atomic E-state index is 12.0. The molecule has 1 rings (SSSR count). The van der Waals surface area contributed by atoms with E-state index in [9.17, 15) is 29.1 Å². The number of unbranched alkanes of at least 4 members (excludes halogenated alkanes) is 6. The van der Waals surface area contributed by atoms with Crippen LogP contribution in [0.3, 0.4) is 0 Å². The van der Waals surface area contributed by atoms with Crippen molar-refractivity contribution in [2.24, 2.45) is 5.92 Å². The number of ketones is 1. The van der Waals surface area contributed by atoms with Crippen LogP contribution in [0.25, 0.3) is 0 Å². The van der Waals surface area contributed by atoms with Crippen molar-refractivity contribution in [2.75, 3.05) is 72.6 Å². The Balaban J connectivity index is 1.82. The molecule has 1 aromatic carbocycles. The van der Waals surface area contributed by atoms with E-state index >= 15 is 0 Å². The first-order valence-electron chi connectivity index (χ1n) is 19.3. The monoisotopic (exact) mass is 752 g/mol. The van der Waals surface area contributed by atoms with Crippen molar-refractivity contribution in [3.05, 3.63) is 29.8 Å². The molecule has 14 heteroatoms. The lowest BCUT2D eigenvalue weighted by Gasteiger charge is -2.12. The number of benzene rings is 1. The summed E-state index contributed by atoms with van der Waals surface area (Å²) in [6.07, 6.45) is 11.0. The fourth-order valence-electron chi connectivity index (χ4n) is 5.16. The molecular formula is C39H64N2O12. The van der Waals surface area contributed by atoms with Crippen LogP contribution in [0.1, 0.15) is 114 Å². The van der Waals surface area contributed by atoms with Crippen molar-refractivity contribution in [1.82, 2.24) is 10.6 Å². The number of ether oxygens (including phenoxy) is 5. The molecule has 0 bridgehead atoms. The van der Waals surface area contributed by atoms with Gasteiger partial charge in [-0.05, 0) is 69.2 Å². The highest BCUT2D eigenvalue weighted by Crippen LogP contribution is 2.15. The van der Waals surface area contributed by atoms with Gasteiger partial charge in [0.2, 0.25) is 11.8 Å². The Hall–Kier alpha value is -3.59. The van der Waals surface area contributed by atoms with Gasteiger partial charge >= 0.3 is 11.9 Å². The SMILES string of the molecule is CCCNC(=O)CC[C@H](CCCOCCOCCCC(=O)COCCOCCNC(=O)CCCCCCCCCOc1ccc(C(=O)O)cc1)C(=O)O. The Morgan fingerprint density at radius 1 is 0.585 bits per heavy atom. The van der Waals surface area contributed by atoms with Gasteiger partial charge in [-0.1, -0.05) is 39.0 Å². The van der Waals surface area contributed by atoms with E-state index < -0.39 is 17.9 Å². The molecule has 53 heavy (non-hydrogen) atoms. The predicted molar refractivity (Wildman–Crippen MR) is 199 cm³/mol. The molecule has 0 aromatic heterocycles. The zero-order chi connectivity index (χ0) is 38.8. The van der Waals surface area contributed by atoms with Crippen LogP contribution in [0.2, 0.25) is 0 Å². The van der Waals surface area contributed by atoms with Crippen LogP contribution < -0.4 is 15.4 Å².